The second-order valence-corrected chi connectivity index (χ2v) is 12.9. The molecule has 4 aliphatic carbocycles. The highest BCUT2D eigenvalue weighted by atomic mass is 32.2. The maximum absolute atomic E-state index is 13.7. The van der Waals surface area contributed by atoms with Crippen molar-refractivity contribution in [2.75, 3.05) is 6.61 Å². The van der Waals surface area contributed by atoms with E-state index < -0.39 is 49.8 Å². The fourth-order valence-electron chi connectivity index (χ4n) is 7.61. The van der Waals surface area contributed by atoms with Crippen LogP contribution in [-0.2, 0) is 29.2 Å². The van der Waals surface area contributed by atoms with Gasteiger partial charge in [0.25, 0.3) is 10.1 Å². The number of ether oxygens (including phenoxy) is 1. The van der Waals surface area contributed by atoms with Crippen molar-refractivity contribution in [2.45, 2.75) is 56.4 Å². The number of hydrogen-bond acceptors (Lipinski definition) is 8. The molecule has 1 aromatic rings. The van der Waals surface area contributed by atoms with Crippen LogP contribution < -0.4 is 0 Å². The molecule has 0 unspecified atom stereocenters. The van der Waals surface area contributed by atoms with E-state index in [9.17, 15) is 37.3 Å². The van der Waals surface area contributed by atoms with Gasteiger partial charge in [-0.25, -0.2) is 4.79 Å². The summed E-state index contributed by atoms with van der Waals surface area (Å²) in [6.07, 6.45) is 7.00. The molecular formula is C28H30O9S. The number of allylic oxidation sites excluding steroid dienone is 4. The standard InChI is InChI=1S/C28H30O9S/c1-26-10-8-18(29)13-17(26)6-7-20-21-9-11-28(33,27(21,2)14-22(30)24(20)26)23(31)15-37-25(32)16-4-3-5-19(12-16)38(34,35)36/h3-5,8,10,12-13,20-21,24,33H,6-7,9,11,14-15H2,1-2H3,(H,34,35,36)/t20-,21-,24+,26-,27-,28-/m0/s1. The number of Topliss-reactive ketones (excluding diaryl/α,β-unsaturated/α-hetero) is 2. The normalized spacial score (nSPS) is 36.1. The maximum atomic E-state index is 13.7. The average Bonchev–Trinajstić information content (AvgIpc) is 3.13. The lowest BCUT2D eigenvalue weighted by atomic mass is 9.46. The van der Waals surface area contributed by atoms with Gasteiger partial charge in [-0.05, 0) is 67.9 Å². The van der Waals surface area contributed by atoms with Crippen molar-refractivity contribution in [1.82, 2.24) is 0 Å². The molecule has 0 spiro atoms. The van der Waals surface area contributed by atoms with Crippen LogP contribution in [0.5, 0.6) is 0 Å². The fourth-order valence-corrected chi connectivity index (χ4v) is 8.14. The van der Waals surface area contributed by atoms with Crippen molar-refractivity contribution in [2.24, 2.45) is 28.6 Å². The highest BCUT2D eigenvalue weighted by Crippen LogP contribution is 2.66. The second kappa shape index (κ2) is 8.79. The number of aliphatic hydroxyl groups is 1. The molecule has 4 aliphatic rings. The van der Waals surface area contributed by atoms with Gasteiger partial charge in [-0.3, -0.25) is 18.9 Å². The molecular weight excluding hydrogens is 512 g/mol. The Morgan fingerprint density at radius 1 is 1.16 bits per heavy atom. The molecule has 38 heavy (non-hydrogen) atoms. The summed E-state index contributed by atoms with van der Waals surface area (Å²) in [5, 5.41) is 11.7. The Morgan fingerprint density at radius 2 is 1.89 bits per heavy atom. The SMILES string of the molecule is C[C@]12C=CC(=O)C=C1CC[C@@H]1[C@@H]2C(=O)C[C@@]2(C)[C@H]1CC[C@]2(O)C(=O)COC(=O)c1cccc(S(=O)(=O)O)c1. The molecule has 3 saturated carbocycles. The van der Waals surface area contributed by atoms with Crippen LogP contribution in [0.15, 0.2) is 53.0 Å². The Kier molecular flexibility index (Phi) is 6.16. The first kappa shape index (κ1) is 26.6. The summed E-state index contributed by atoms with van der Waals surface area (Å²) < 4.78 is 37.1. The third kappa shape index (κ3) is 3.92. The molecule has 9 nitrogen and oxygen atoms in total. The quantitative estimate of drug-likeness (QED) is 0.422. The zero-order valence-corrected chi connectivity index (χ0v) is 22.0. The molecule has 1 aromatic carbocycles. The molecule has 0 heterocycles. The van der Waals surface area contributed by atoms with E-state index in [1.807, 2.05) is 13.0 Å². The van der Waals surface area contributed by atoms with E-state index in [2.05, 4.69) is 0 Å². The fraction of sp³-hybridized carbons (Fsp3) is 0.500. The van der Waals surface area contributed by atoms with Gasteiger partial charge < -0.3 is 9.84 Å². The number of hydrogen-bond donors (Lipinski definition) is 2. The van der Waals surface area contributed by atoms with Gasteiger partial charge >= 0.3 is 5.97 Å². The summed E-state index contributed by atoms with van der Waals surface area (Å²) in [5.41, 5.74) is -2.69. The second-order valence-electron chi connectivity index (χ2n) is 11.4. The van der Waals surface area contributed by atoms with Crippen LogP contribution in [0.4, 0.5) is 0 Å². The molecule has 10 heteroatoms. The molecule has 5 rings (SSSR count). The Morgan fingerprint density at radius 3 is 2.61 bits per heavy atom. The van der Waals surface area contributed by atoms with Crippen molar-refractivity contribution in [3.05, 3.63) is 53.6 Å². The number of benzene rings is 1. The molecule has 0 aliphatic heterocycles. The molecule has 0 saturated heterocycles. The predicted octanol–water partition coefficient (Wildman–Crippen LogP) is 2.88. The first-order chi connectivity index (χ1) is 17.7. The van der Waals surface area contributed by atoms with Crippen LogP contribution in [0.3, 0.4) is 0 Å². The molecule has 0 bridgehead atoms. The largest absolute Gasteiger partial charge is 0.454 e. The van der Waals surface area contributed by atoms with Gasteiger partial charge in [0.1, 0.15) is 11.4 Å². The van der Waals surface area contributed by atoms with E-state index in [4.69, 9.17) is 4.74 Å². The minimum Gasteiger partial charge on any atom is -0.454 e. The van der Waals surface area contributed by atoms with Gasteiger partial charge in [-0.2, -0.15) is 8.42 Å². The average molecular weight is 543 g/mol. The number of esters is 1. The van der Waals surface area contributed by atoms with Gasteiger partial charge in [0.2, 0.25) is 5.78 Å². The molecule has 0 amide bonds. The van der Waals surface area contributed by atoms with Gasteiger partial charge in [0.05, 0.1) is 10.5 Å². The Hall–Kier alpha value is -2.95. The minimum atomic E-state index is -4.54. The zero-order valence-electron chi connectivity index (χ0n) is 21.2. The Labute approximate surface area is 220 Å². The summed E-state index contributed by atoms with van der Waals surface area (Å²) in [5.74, 6) is -2.32. The van der Waals surface area contributed by atoms with Crippen molar-refractivity contribution in [3.63, 3.8) is 0 Å². The van der Waals surface area contributed by atoms with Crippen molar-refractivity contribution < 1.29 is 42.0 Å². The number of rotatable bonds is 5. The van der Waals surface area contributed by atoms with Crippen LogP contribution >= 0.6 is 0 Å². The van der Waals surface area contributed by atoms with Crippen molar-refractivity contribution in [3.8, 4) is 0 Å². The van der Waals surface area contributed by atoms with Crippen molar-refractivity contribution >= 4 is 33.4 Å². The zero-order chi connectivity index (χ0) is 27.7. The number of carbonyl (C=O) groups is 4. The summed E-state index contributed by atoms with van der Waals surface area (Å²) in [4.78, 5) is 51.0. The lowest BCUT2D eigenvalue weighted by Crippen LogP contribution is -2.60. The van der Waals surface area contributed by atoms with E-state index in [0.717, 1.165) is 17.7 Å². The highest BCUT2D eigenvalue weighted by Gasteiger charge is 2.68. The monoisotopic (exact) mass is 542 g/mol. The van der Waals surface area contributed by atoms with Crippen LogP contribution in [0.2, 0.25) is 0 Å². The lowest BCUT2D eigenvalue weighted by Gasteiger charge is -2.56. The van der Waals surface area contributed by atoms with E-state index in [0.29, 0.717) is 19.3 Å². The highest BCUT2D eigenvalue weighted by molar-refractivity contribution is 7.85. The lowest BCUT2D eigenvalue weighted by molar-refractivity contribution is -0.169. The molecule has 202 valence electrons. The summed E-state index contributed by atoms with van der Waals surface area (Å²) in [7, 11) is -4.54. The third-order valence-corrected chi connectivity index (χ3v) is 10.4. The molecule has 0 aromatic heterocycles. The molecule has 6 atom stereocenters. The summed E-state index contributed by atoms with van der Waals surface area (Å²) >= 11 is 0. The van der Waals surface area contributed by atoms with Gasteiger partial charge in [0.15, 0.2) is 12.4 Å². The van der Waals surface area contributed by atoms with Crippen LogP contribution in [0.1, 0.15) is 56.3 Å². The number of carbonyl (C=O) groups excluding carboxylic acids is 4. The van der Waals surface area contributed by atoms with E-state index in [-0.39, 0.29) is 47.7 Å². The molecule has 3 fully saturated rings. The Balaban J connectivity index is 1.35. The smallest absolute Gasteiger partial charge is 0.338 e. The third-order valence-electron chi connectivity index (χ3n) is 9.57. The van der Waals surface area contributed by atoms with Gasteiger partial charge in [-0.1, -0.05) is 31.6 Å². The first-order valence-corrected chi connectivity index (χ1v) is 14.1. The minimum absolute atomic E-state index is 0.00389. The van der Waals surface area contributed by atoms with Gasteiger partial charge in [-0.15, -0.1) is 0 Å². The topological polar surface area (TPSA) is 152 Å². The molecule has 0 radical (unpaired) electrons. The van der Waals surface area contributed by atoms with Crippen LogP contribution in [0.25, 0.3) is 0 Å². The van der Waals surface area contributed by atoms with Crippen molar-refractivity contribution in [1.29, 1.82) is 0 Å². The predicted molar refractivity (Wildman–Crippen MR) is 134 cm³/mol. The van der Waals surface area contributed by atoms with Gasteiger partial charge in [0, 0.05) is 23.2 Å². The van der Waals surface area contributed by atoms with E-state index in [1.54, 1.807) is 13.0 Å². The van der Waals surface area contributed by atoms with E-state index >= 15 is 0 Å². The summed E-state index contributed by atoms with van der Waals surface area (Å²) in [6.45, 7) is 3.01. The molecule has 2 N–H and O–H groups in total. The summed E-state index contributed by atoms with van der Waals surface area (Å²) in [6, 6.07) is 4.58. The maximum Gasteiger partial charge on any atom is 0.338 e. The van der Waals surface area contributed by atoms with Crippen LogP contribution in [-0.4, -0.2) is 53.6 Å². The first-order valence-electron chi connectivity index (χ1n) is 12.7. The number of ketones is 3. The van der Waals surface area contributed by atoms with Crippen LogP contribution in [0, 0.1) is 28.6 Å². The number of fused-ring (bicyclic) bond motifs is 5. The Bertz CT molecular complexity index is 1420. The van der Waals surface area contributed by atoms with E-state index in [1.165, 1.54) is 18.2 Å².